The molecule has 4 heteroatoms. The lowest BCUT2D eigenvalue weighted by Gasteiger charge is -2.16. The molecule has 0 spiro atoms. The van der Waals surface area contributed by atoms with E-state index in [-0.39, 0.29) is 12.2 Å². The number of rotatable bonds is 6. The molecule has 2 aromatic rings. The summed E-state index contributed by atoms with van der Waals surface area (Å²) in [5.74, 6) is 1.47. The average molecular weight is 447 g/mol. The van der Waals surface area contributed by atoms with Crippen LogP contribution in [-0.4, -0.2) is 12.2 Å². The van der Waals surface area contributed by atoms with Crippen LogP contribution < -0.4 is 9.47 Å². The van der Waals surface area contributed by atoms with Gasteiger partial charge in [-0.15, -0.1) is 0 Å². The van der Waals surface area contributed by atoms with Crippen molar-refractivity contribution in [2.24, 2.45) is 0 Å². The molecule has 0 saturated carbocycles. The Bertz CT molecular complexity index is 787. The molecule has 0 amide bonds. The molecule has 130 valence electrons. The number of halogens is 1. The van der Waals surface area contributed by atoms with Crippen LogP contribution in [0.25, 0.3) is 11.6 Å². The van der Waals surface area contributed by atoms with Gasteiger partial charge in [0.2, 0.25) is 0 Å². The first-order valence-electron chi connectivity index (χ1n) is 8.24. The highest BCUT2D eigenvalue weighted by Crippen LogP contribution is 2.30. The molecular formula is C21H22INO2. The zero-order valence-corrected chi connectivity index (χ0v) is 17.1. The highest BCUT2D eigenvalue weighted by Gasteiger charge is 2.10. The van der Waals surface area contributed by atoms with Crippen molar-refractivity contribution in [2.75, 3.05) is 0 Å². The second kappa shape index (κ2) is 8.91. The van der Waals surface area contributed by atoms with Gasteiger partial charge in [0.15, 0.2) is 0 Å². The Hall–Kier alpha value is -2.00. The molecule has 0 aliphatic heterocycles. The molecule has 0 bridgehead atoms. The van der Waals surface area contributed by atoms with Crippen molar-refractivity contribution in [2.45, 2.75) is 39.9 Å². The van der Waals surface area contributed by atoms with Crippen molar-refractivity contribution >= 4 is 34.2 Å². The fourth-order valence-corrected chi connectivity index (χ4v) is 2.66. The quantitative estimate of drug-likeness (QED) is 0.313. The summed E-state index contributed by atoms with van der Waals surface area (Å²) in [5.41, 5.74) is 2.35. The maximum absolute atomic E-state index is 9.57. The van der Waals surface area contributed by atoms with Crippen LogP contribution in [0.4, 0.5) is 0 Å². The van der Waals surface area contributed by atoms with E-state index in [0.29, 0.717) is 11.3 Å². The lowest BCUT2D eigenvalue weighted by atomic mass is 10.0. The Labute approximate surface area is 163 Å². The van der Waals surface area contributed by atoms with Gasteiger partial charge in [-0.25, -0.2) is 0 Å². The van der Waals surface area contributed by atoms with Crippen molar-refractivity contribution in [1.82, 2.24) is 0 Å². The van der Waals surface area contributed by atoms with Crippen molar-refractivity contribution in [3.05, 3.63) is 57.2 Å². The smallest absolute Gasteiger partial charge is 0.130 e. The lowest BCUT2D eigenvalue weighted by Crippen LogP contribution is -2.09. The fraction of sp³-hybridized carbons (Fsp3) is 0.286. The first-order valence-corrected chi connectivity index (χ1v) is 9.32. The molecule has 0 heterocycles. The van der Waals surface area contributed by atoms with E-state index in [1.54, 1.807) is 0 Å². The summed E-state index contributed by atoms with van der Waals surface area (Å²) in [6.07, 6.45) is 1.99. The van der Waals surface area contributed by atoms with Gasteiger partial charge < -0.3 is 9.47 Å². The number of nitrogens with zero attached hydrogens (tertiary/aromatic N) is 1. The van der Waals surface area contributed by atoms with E-state index in [2.05, 4.69) is 28.7 Å². The maximum Gasteiger partial charge on any atom is 0.130 e. The molecule has 2 aromatic carbocycles. The van der Waals surface area contributed by atoms with E-state index in [0.717, 1.165) is 20.4 Å². The minimum absolute atomic E-state index is 0.0327. The standard InChI is InChI=1S/C21H22INO2/c1-14(2)24-20-10-7-17(21(12-20)25-15(3)4)11-18(13-23)16-5-8-19(22)9-6-16/h5-12,14-15H,1-4H3/b18-11-. The second-order valence-corrected chi connectivity index (χ2v) is 7.46. The van der Waals surface area contributed by atoms with Crippen molar-refractivity contribution in [1.29, 1.82) is 5.26 Å². The third-order valence-corrected chi connectivity index (χ3v) is 4.01. The van der Waals surface area contributed by atoms with Gasteiger partial charge in [0.05, 0.1) is 23.9 Å². The van der Waals surface area contributed by atoms with Gasteiger partial charge in [-0.2, -0.15) is 5.26 Å². The molecule has 0 unspecified atom stereocenters. The fourth-order valence-electron chi connectivity index (χ4n) is 2.30. The van der Waals surface area contributed by atoms with Crippen LogP contribution in [0.5, 0.6) is 11.5 Å². The molecule has 0 radical (unpaired) electrons. The van der Waals surface area contributed by atoms with Crippen molar-refractivity contribution < 1.29 is 9.47 Å². The predicted molar refractivity (Wildman–Crippen MR) is 111 cm³/mol. The van der Waals surface area contributed by atoms with Crippen LogP contribution in [0.3, 0.4) is 0 Å². The van der Waals surface area contributed by atoms with Gasteiger partial charge in [0, 0.05) is 15.2 Å². The topological polar surface area (TPSA) is 42.2 Å². The number of hydrogen-bond acceptors (Lipinski definition) is 3. The zero-order valence-electron chi connectivity index (χ0n) is 14.9. The van der Waals surface area contributed by atoms with Crippen LogP contribution >= 0.6 is 22.6 Å². The molecule has 0 atom stereocenters. The van der Waals surface area contributed by atoms with Crippen molar-refractivity contribution in [3.8, 4) is 17.6 Å². The van der Waals surface area contributed by atoms with E-state index < -0.39 is 0 Å². The third kappa shape index (κ3) is 5.79. The zero-order chi connectivity index (χ0) is 18.4. The molecule has 0 aliphatic carbocycles. The normalized spacial score (nSPS) is 11.5. The van der Waals surface area contributed by atoms with Crippen LogP contribution in [0.15, 0.2) is 42.5 Å². The van der Waals surface area contributed by atoms with E-state index >= 15 is 0 Å². The molecule has 0 N–H and O–H groups in total. The average Bonchev–Trinajstić information content (AvgIpc) is 2.54. The molecule has 2 rings (SSSR count). The summed E-state index contributed by atoms with van der Waals surface area (Å²) >= 11 is 2.25. The Balaban J connectivity index is 2.44. The van der Waals surface area contributed by atoms with Crippen molar-refractivity contribution in [3.63, 3.8) is 0 Å². The first kappa shape index (κ1) is 19.3. The highest BCUT2D eigenvalue weighted by atomic mass is 127. The van der Waals surface area contributed by atoms with Crippen LogP contribution in [0.2, 0.25) is 0 Å². The summed E-state index contributed by atoms with van der Waals surface area (Å²) < 4.78 is 12.8. The van der Waals surface area contributed by atoms with Gasteiger partial charge >= 0.3 is 0 Å². The maximum atomic E-state index is 9.57. The third-order valence-electron chi connectivity index (χ3n) is 3.30. The van der Waals surface area contributed by atoms with Crippen LogP contribution in [0.1, 0.15) is 38.8 Å². The Morgan fingerprint density at radius 1 is 1.00 bits per heavy atom. The highest BCUT2D eigenvalue weighted by molar-refractivity contribution is 14.1. The molecule has 0 fully saturated rings. The van der Waals surface area contributed by atoms with Gasteiger partial charge in [0.1, 0.15) is 11.5 Å². The number of allylic oxidation sites excluding steroid dienone is 1. The van der Waals surface area contributed by atoms with E-state index in [4.69, 9.17) is 9.47 Å². The summed E-state index contributed by atoms with van der Waals surface area (Å²) in [4.78, 5) is 0. The van der Waals surface area contributed by atoms with E-state index in [9.17, 15) is 5.26 Å². The first-order chi connectivity index (χ1) is 11.9. The largest absolute Gasteiger partial charge is 0.491 e. The minimum Gasteiger partial charge on any atom is -0.491 e. The number of ether oxygens (including phenoxy) is 2. The molecule has 25 heavy (non-hydrogen) atoms. The Morgan fingerprint density at radius 3 is 2.20 bits per heavy atom. The molecule has 3 nitrogen and oxygen atoms in total. The summed E-state index contributed by atoms with van der Waals surface area (Å²) in [6, 6.07) is 15.9. The molecule has 0 aromatic heterocycles. The van der Waals surface area contributed by atoms with E-state index in [1.165, 1.54) is 0 Å². The number of hydrogen-bond donors (Lipinski definition) is 0. The summed E-state index contributed by atoms with van der Waals surface area (Å²) in [6.45, 7) is 7.93. The van der Waals surface area contributed by atoms with Crippen LogP contribution in [-0.2, 0) is 0 Å². The van der Waals surface area contributed by atoms with Gasteiger partial charge in [-0.1, -0.05) is 12.1 Å². The number of benzene rings is 2. The SMILES string of the molecule is CC(C)Oc1ccc(/C=C(/C#N)c2ccc(I)cc2)c(OC(C)C)c1. The summed E-state index contributed by atoms with van der Waals surface area (Å²) in [5, 5.41) is 9.57. The van der Waals surface area contributed by atoms with Gasteiger partial charge in [-0.05, 0) is 86.2 Å². The molecular weight excluding hydrogens is 425 g/mol. The second-order valence-electron chi connectivity index (χ2n) is 6.21. The van der Waals surface area contributed by atoms with E-state index in [1.807, 2.05) is 76.2 Å². The molecule has 0 aliphatic rings. The summed E-state index contributed by atoms with van der Waals surface area (Å²) in [7, 11) is 0. The monoisotopic (exact) mass is 447 g/mol. The Morgan fingerprint density at radius 2 is 1.64 bits per heavy atom. The molecule has 0 saturated heterocycles. The van der Waals surface area contributed by atoms with Crippen LogP contribution in [0, 0.1) is 14.9 Å². The van der Waals surface area contributed by atoms with Gasteiger partial charge in [-0.3, -0.25) is 0 Å². The minimum atomic E-state index is 0.0327. The van der Waals surface area contributed by atoms with Gasteiger partial charge in [0.25, 0.3) is 0 Å². The number of nitriles is 1. The lowest BCUT2D eigenvalue weighted by molar-refractivity contribution is 0.229. The Kier molecular flexibility index (Phi) is 6.89. The predicted octanol–water partition coefficient (Wildman–Crippen LogP) is 5.93.